The minimum absolute atomic E-state index is 0.124. The number of ether oxygens (including phenoxy) is 1. The molecule has 0 saturated heterocycles. The number of nitrogens with zero attached hydrogens (tertiary/aromatic N) is 2. The summed E-state index contributed by atoms with van der Waals surface area (Å²) < 4.78 is 5.71. The first-order chi connectivity index (χ1) is 14.6. The first-order valence-corrected chi connectivity index (χ1v) is 11.9. The number of hydrogen-bond donors (Lipinski definition) is 2. The number of aromatic nitrogens is 2. The molecule has 2 aromatic carbocycles. The molecule has 0 saturated carbocycles. The van der Waals surface area contributed by atoms with Crippen LogP contribution in [0.25, 0.3) is 0 Å². The second-order valence-electron chi connectivity index (χ2n) is 5.97. The molecule has 0 atom stereocenters. The summed E-state index contributed by atoms with van der Waals surface area (Å²) >= 11 is 4.05. The molecule has 3 rings (SSSR count). The van der Waals surface area contributed by atoms with E-state index in [9.17, 15) is 9.59 Å². The highest BCUT2D eigenvalue weighted by atomic mass is 32.2. The third kappa shape index (κ3) is 7.36. The standard InChI is InChI=1S/C20H20N4O3S3/c1-27-16-9-7-15(8-10-16)21-18(26)13-29-20-24-23-19(30-20)22-17(25)12-28-11-14-5-3-2-4-6-14/h2-10H,11-13H2,1H3,(H,21,26)(H,22,23,25). The molecule has 0 radical (unpaired) electrons. The summed E-state index contributed by atoms with van der Waals surface area (Å²) in [5.41, 5.74) is 1.87. The topological polar surface area (TPSA) is 93.2 Å². The quantitative estimate of drug-likeness (QED) is 0.347. The molecule has 0 aliphatic heterocycles. The lowest BCUT2D eigenvalue weighted by atomic mass is 10.2. The van der Waals surface area contributed by atoms with Crippen molar-refractivity contribution in [3.63, 3.8) is 0 Å². The van der Waals surface area contributed by atoms with E-state index in [1.807, 2.05) is 30.3 Å². The predicted molar refractivity (Wildman–Crippen MR) is 123 cm³/mol. The van der Waals surface area contributed by atoms with E-state index >= 15 is 0 Å². The SMILES string of the molecule is COc1ccc(NC(=O)CSc2nnc(NC(=O)CSCc3ccccc3)s2)cc1. The molecule has 30 heavy (non-hydrogen) atoms. The number of anilines is 2. The Kier molecular flexibility index (Phi) is 8.54. The van der Waals surface area contributed by atoms with E-state index in [0.29, 0.717) is 20.9 Å². The van der Waals surface area contributed by atoms with Crippen LogP contribution in [0.15, 0.2) is 58.9 Å². The van der Waals surface area contributed by atoms with Crippen LogP contribution in [0.5, 0.6) is 5.75 Å². The van der Waals surface area contributed by atoms with E-state index in [0.717, 1.165) is 11.5 Å². The van der Waals surface area contributed by atoms with Gasteiger partial charge in [0.25, 0.3) is 0 Å². The van der Waals surface area contributed by atoms with Crippen LogP contribution in [0.4, 0.5) is 10.8 Å². The van der Waals surface area contributed by atoms with Crippen molar-refractivity contribution >= 4 is 57.5 Å². The summed E-state index contributed by atoms with van der Waals surface area (Å²) in [6, 6.07) is 17.1. The van der Waals surface area contributed by atoms with Crippen molar-refractivity contribution in [2.75, 3.05) is 29.2 Å². The van der Waals surface area contributed by atoms with Gasteiger partial charge in [-0.05, 0) is 29.8 Å². The van der Waals surface area contributed by atoms with Gasteiger partial charge in [0, 0.05) is 11.4 Å². The molecule has 0 unspecified atom stereocenters. The van der Waals surface area contributed by atoms with Crippen LogP contribution < -0.4 is 15.4 Å². The molecule has 0 fully saturated rings. The average molecular weight is 461 g/mol. The average Bonchev–Trinajstić information content (AvgIpc) is 3.21. The third-order valence-electron chi connectivity index (χ3n) is 3.70. The second kappa shape index (κ2) is 11.6. The monoisotopic (exact) mass is 460 g/mol. The fourth-order valence-corrected chi connectivity index (χ4v) is 4.66. The number of amides is 2. The van der Waals surface area contributed by atoms with E-state index < -0.39 is 0 Å². The van der Waals surface area contributed by atoms with Gasteiger partial charge in [0.2, 0.25) is 16.9 Å². The molecular weight excluding hydrogens is 440 g/mol. The van der Waals surface area contributed by atoms with Crippen molar-refractivity contribution in [1.29, 1.82) is 0 Å². The van der Waals surface area contributed by atoms with Crippen molar-refractivity contribution in [2.45, 2.75) is 10.1 Å². The zero-order valence-electron chi connectivity index (χ0n) is 16.2. The molecule has 0 aliphatic rings. The molecule has 7 nitrogen and oxygen atoms in total. The van der Waals surface area contributed by atoms with E-state index in [2.05, 4.69) is 20.8 Å². The van der Waals surface area contributed by atoms with Gasteiger partial charge in [-0.1, -0.05) is 53.4 Å². The summed E-state index contributed by atoms with van der Waals surface area (Å²) in [5.74, 6) is 1.76. The van der Waals surface area contributed by atoms with E-state index in [4.69, 9.17) is 4.74 Å². The van der Waals surface area contributed by atoms with Gasteiger partial charge in [0.15, 0.2) is 4.34 Å². The molecule has 10 heteroatoms. The Hall–Kier alpha value is -2.56. The molecule has 2 N–H and O–H groups in total. The van der Waals surface area contributed by atoms with E-state index in [-0.39, 0.29) is 17.6 Å². The maximum atomic E-state index is 12.1. The fourth-order valence-electron chi connectivity index (χ4n) is 2.31. The summed E-state index contributed by atoms with van der Waals surface area (Å²) in [5, 5.41) is 14.0. The van der Waals surface area contributed by atoms with Gasteiger partial charge >= 0.3 is 0 Å². The lowest BCUT2D eigenvalue weighted by molar-refractivity contribution is -0.114. The van der Waals surface area contributed by atoms with E-state index in [1.54, 1.807) is 31.4 Å². The minimum Gasteiger partial charge on any atom is -0.497 e. The smallest absolute Gasteiger partial charge is 0.236 e. The third-order valence-corrected chi connectivity index (χ3v) is 6.67. The van der Waals surface area contributed by atoms with Crippen molar-refractivity contribution in [3.05, 3.63) is 60.2 Å². The first-order valence-electron chi connectivity index (χ1n) is 8.94. The molecule has 3 aromatic rings. The lowest BCUT2D eigenvalue weighted by Crippen LogP contribution is -2.14. The van der Waals surface area contributed by atoms with Crippen LogP contribution in [0.2, 0.25) is 0 Å². The Morgan fingerprint density at radius 3 is 2.43 bits per heavy atom. The Morgan fingerprint density at radius 1 is 0.967 bits per heavy atom. The number of carbonyl (C=O) groups is 2. The van der Waals surface area contributed by atoms with Crippen molar-refractivity contribution in [2.24, 2.45) is 0 Å². The Labute approximate surface area is 187 Å². The zero-order valence-corrected chi connectivity index (χ0v) is 18.6. The van der Waals surface area contributed by atoms with Gasteiger partial charge in [-0.25, -0.2) is 0 Å². The molecule has 156 valence electrons. The van der Waals surface area contributed by atoms with Gasteiger partial charge in [0.1, 0.15) is 5.75 Å². The number of nitrogens with one attached hydrogen (secondary N) is 2. The largest absolute Gasteiger partial charge is 0.497 e. The normalized spacial score (nSPS) is 10.4. The van der Waals surface area contributed by atoms with Crippen molar-refractivity contribution in [3.8, 4) is 5.75 Å². The van der Waals surface area contributed by atoms with E-state index in [1.165, 1.54) is 40.4 Å². The summed E-state index contributed by atoms with van der Waals surface area (Å²) in [6.45, 7) is 0. The summed E-state index contributed by atoms with van der Waals surface area (Å²) in [7, 11) is 1.59. The zero-order chi connectivity index (χ0) is 21.2. The number of thioether (sulfide) groups is 2. The lowest BCUT2D eigenvalue weighted by Gasteiger charge is -2.05. The van der Waals surface area contributed by atoms with Crippen LogP contribution >= 0.6 is 34.9 Å². The van der Waals surface area contributed by atoms with Crippen LogP contribution in [-0.2, 0) is 15.3 Å². The molecule has 1 aromatic heterocycles. The second-order valence-corrected chi connectivity index (χ2v) is 9.15. The van der Waals surface area contributed by atoms with Gasteiger partial charge < -0.3 is 10.1 Å². The van der Waals surface area contributed by atoms with Crippen LogP contribution in [0.1, 0.15) is 5.56 Å². The first kappa shape index (κ1) is 22.1. The van der Waals surface area contributed by atoms with Crippen LogP contribution in [-0.4, -0.2) is 40.6 Å². The minimum atomic E-state index is -0.150. The van der Waals surface area contributed by atoms with Gasteiger partial charge in [-0.2, -0.15) is 0 Å². The molecule has 0 spiro atoms. The number of rotatable bonds is 10. The fraction of sp³-hybridized carbons (Fsp3) is 0.200. The predicted octanol–water partition coefficient (Wildman–Crippen LogP) is 4.15. The van der Waals surface area contributed by atoms with Crippen molar-refractivity contribution in [1.82, 2.24) is 10.2 Å². The number of hydrogen-bond acceptors (Lipinski definition) is 8. The Balaban J connectivity index is 1.37. The van der Waals surface area contributed by atoms with Gasteiger partial charge in [-0.3, -0.25) is 14.9 Å². The molecular formula is C20H20N4O3S3. The highest BCUT2D eigenvalue weighted by Crippen LogP contribution is 2.26. The number of carbonyl (C=O) groups excluding carboxylic acids is 2. The number of methoxy groups -OCH3 is 1. The molecule has 2 amide bonds. The Bertz CT molecular complexity index is 965. The number of benzene rings is 2. The maximum Gasteiger partial charge on any atom is 0.236 e. The summed E-state index contributed by atoms with van der Waals surface area (Å²) in [6.07, 6.45) is 0. The molecule has 1 heterocycles. The molecule has 0 bridgehead atoms. The van der Waals surface area contributed by atoms with Crippen molar-refractivity contribution < 1.29 is 14.3 Å². The van der Waals surface area contributed by atoms with Crippen LogP contribution in [0.3, 0.4) is 0 Å². The van der Waals surface area contributed by atoms with Gasteiger partial charge in [0.05, 0.1) is 18.6 Å². The highest BCUT2D eigenvalue weighted by Gasteiger charge is 2.11. The highest BCUT2D eigenvalue weighted by molar-refractivity contribution is 8.01. The van der Waals surface area contributed by atoms with Gasteiger partial charge in [-0.15, -0.1) is 22.0 Å². The molecule has 0 aliphatic carbocycles. The summed E-state index contributed by atoms with van der Waals surface area (Å²) in [4.78, 5) is 24.1. The maximum absolute atomic E-state index is 12.1. The van der Waals surface area contributed by atoms with Crippen LogP contribution in [0, 0.1) is 0 Å². The Morgan fingerprint density at radius 2 is 1.70 bits per heavy atom.